The van der Waals surface area contributed by atoms with Gasteiger partial charge in [-0.2, -0.15) is 0 Å². The number of carbonyl (C=O) groups excluding carboxylic acids is 1. The van der Waals surface area contributed by atoms with E-state index in [-0.39, 0.29) is 12.6 Å². The van der Waals surface area contributed by atoms with E-state index in [1.54, 1.807) is 0 Å². The molecular weight excluding hydrogens is 653 g/mol. The molecule has 0 saturated heterocycles. The highest BCUT2D eigenvalue weighted by molar-refractivity contribution is 5.69. The minimum atomic E-state index is -0.540. The van der Waals surface area contributed by atoms with Crippen LogP contribution in [0.2, 0.25) is 0 Å². The molecule has 0 aromatic heterocycles. The number of unbranched alkanes of at least 4 members (excludes halogenated alkanes) is 24. The van der Waals surface area contributed by atoms with Gasteiger partial charge in [0.15, 0.2) is 0 Å². The Morgan fingerprint density at radius 3 is 1.30 bits per heavy atom. The Bertz CT molecular complexity index is 870. The van der Waals surface area contributed by atoms with Crippen LogP contribution in [0.5, 0.6) is 0 Å². The van der Waals surface area contributed by atoms with Crippen molar-refractivity contribution in [2.45, 2.75) is 225 Å². The van der Waals surface area contributed by atoms with Crippen molar-refractivity contribution < 1.29 is 19.4 Å². The topological polar surface area (TPSA) is 55.8 Å². The SMILES string of the molecule is CC/C=C\C/C=C\C/C=C\C/C=C\CCCCCCCCCCCCCCC(=O)OC(CO)COCCCCCCCC/C=C\CCCCCCCC. The largest absolute Gasteiger partial charge is 0.457 e. The highest BCUT2D eigenvalue weighted by Gasteiger charge is 2.13. The van der Waals surface area contributed by atoms with Gasteiger partial charge in [-0.15, -0.1) is 0 Å². The van der Waals surface area contributed by atoms with Crippen molar-refractivity contribution in [2.75, 3.05) is 19.8 Å². The van der Waals surface area contributed by atoms with E-state index in [1.807, 2.05) is 0 Å². The summed E-state index contributed by atoms with van der Waals surface area (Å²) in [5, 5.41) is 9.62. The first-order chi connectivity index (χ1) is 26.2. The van der Waals surface area contributed by atoms with E-state index in [0.29, 0.717) is 19.6 Å². The first-order valence-corrected chi connectivity index (χ1v) is 22.9. The second-order valence-corrected chi connectivity index (χ2v) is 15.1. The molecule has 0 aromatic carbocycles. The van der Waals surface area contributed by atoms with Crippen molar-refractivity contribution in [2.24, 2.45) is 0 Å². The molecule has 4 heteroatoms. The molecule has 4 nitrogen and oxygen atoms in total. The fourth-order valence-electron chi connectivity index (χ4n) is 6.43. The summed E-state index contributed by atoms with van der Waals surface area (Å²) in [5.74, 6) is -0.205. The Morgan fingerprint density at radius 2 is 0.849 bits per heavy atom. The third kappa shape index (κ3) is 44.4. The Morgan fingerprint density at radius 1 is 0.472 bits per heavy atom. The zero-order chi connectivity index (χ0) is 38.4. The zero-order valence-corrected chi connectivity index (χ0v) is 35.3. The molecule has 0 fully saturated rings. The third-order valence-electron chi connectivity index (χ3n) is 9.83. The van der Waals surface area contributed by atoms with Crippen LogP contribution < -0.4 is 0 Å². The molecule has 308 valence electrons. The van der Waals surface area contributed by atoms with Crippen LogP contribution in [0.1, 0.15) is 219 Å². The first kappa shape index (κ1) is 51.1. The maximum absolute atomic E-state index is 12.2. The van der Waals surface area contributed by atoms with Crippen LogP contribution in [0.3, 0.4) is 0 Å². The molecule has 0 amide bonds. The minimum Gasteiger partial charge on any atom is -0.457 e. The van der Waals surface area contributed by atoms with Gasteiger partial charge in [0, 0.05) is 13.0 Å². The number of carbonyl (C=O) groups is 1. The quantitative estimate of drug-likeness (QED) is 0.0385. The lowest BCUT2D eigenvalue weighted by molar-refractivity contribution is -0.154. The summed E-state index contributed by atoms with van der Waals surface area (Å²) < 4.78 is 11.2. The van der Waals surface area contributed by atoms with Crippen molar-refractivity contribution in [3.05, 3.63) is 60.8 Å². The Hall–Kier alpha value is -1.91. The van der Waals surface area contributed by atoms with Gasteiger partial charge in [0.05, 0.1) is 13.2 Å². The second kappa shape index (κ2) is 46.2. The highest BCUT2D eigenvalue weighted by Crippen LogP contribution is 2.14. The van der Waals surface area contributed by atoms with Crippen molar-refractivity contribution in [1.29, 1.82) is 0 Å². The fourth-order valence-corrected chi connectivity index (χ4v) is 6.43. The summed E-state index contributed by atoms with van der Waals surface area (Å²) in [6.45, 7) is 5.23. The van der Waals surface area contributed by atoms with Crippen molar-refractivity contribution in [3.63, 3.8) is 0 Å². The monoisotopic (exact) mass is 741 g/mol. The highest BCUT2D eigenvalue weighted by atomic mass is 16.6. The molecule has 0 radical (unpaired) electrons. The average molecular weight is 741 g/mol. The molecule has 53 heavy (non-hydrogen) atoms. The molecule has 0 bridgehead atoms. The number of aliphatic hydroxyl groups excluding tert-OH is 1. The minimum absolute atomic E-state index is 0.175. The van der Waals surface area contributed by atoms with Gasteiger partial charge in [0.25, 0.3) is 0 Å². The van der Waals surface area contributed by atoms with Crippen molar-refractivity contribution >= 4 is 5.97 Å². The average Bonchev–Trinajstić information content (AvgIpc) is 3.16. The normalized spacial score (nSPS) is 12.9. The smallest absolute Gasteiger partial charge is 0.306 e. The van der Waals surface area contributed by atoms with Crippen LogP contribution in [0.4, 0.5) is 0 Å². The lowest BCUT2D eigenvalue weighted by Gasteiger charge is -2.15. The van der Waals surface area contributed by atoms with E-state index in [9.17, 15) is 9.90 Å². The molecule has 1 N–H and O–H groups in total. The number of hydrogen-bond acceptors (Lipinski definition) is 4. The molecule has 1 unspecified atom stereocenters. The number of rotatable bonds is 42. The summed E-state index contributed by atoms with van der Waals surface area (Å²) in [4.78, 5) is 12.2. The van der Waals surface area contributed by atoms with Crippen molar-refractivity contribution in [1.82, 2.24) is 0 Å². The number of aliphatic hydroxyl groups is 1. The molecule has 0 aliphatic heterocycles. The Kier molecular flexibility index (Phi) is 44.6. The second-order valence-electron chi connectivity index (χ2n) is 15.1. The van der Waals surface area contributed by atoms with E-state index in [1.165, 1.54) is 154 Å². The molecule has 0 aromatic rings. The van der Waals surface area contributed by atoms with E-state index < -0.39 is 6.10 Å². The van der Waals surface area contributed by atoms with Crippen LogP contribution in [0.25, 0.3) is 0 Å². The van der Waals surface area contributed by atoms with Crippen molar-refractivity contribution in [3.8, 4) is 0 Å². The molecule has 1 atom stereocenters. The molecule has 0 rings (SSSR count). The summed E-state index contributed by atoms with van der Waals surface area (Å²) in [6.07, 6.45) is 61.5. The van der Waals surface area contributed by atoms with E-state index >= 15 is 0 Å². The van der Waals surface area contributed by atoms with Gasteiger partial charge in [-0.1, -0.05) is 197 Å². The van der Waals surface area contributed by atoms with Crippen LogP contribution in [-0.2, 0) is 14.3 Å². The first-order valence-electron chi connectivity index (χ1n) is 22.9. The van der Waals surface area contributed by atoms with Gasteiger partial charge in [0.1, 0.15) is 6.10 Å². The van der Waals surface area contributed by atoms with Gasteiger partial charge < -0.3 is 14.6 Å². The van der Waals surface area contributed by atoms with Gasteiger partial charge in [-0.25, -0.2) is 0 Å². The van der Waals surface area contributed by atoms with E-state index in [4.69, 9.17) is 9.47 Å². The molecule has 0 aliphatic rings. The van der Waals surface area contributed by atoms with E-state index in [0.717, 1.165) is 44.9 Å². The van der Waals surface area contributed by atoms with Crippen LogP contribution >= 0.6 is 0 Å². The predicted octanol–water partition coefficient (Wildman–Crippen LogP) is 15.2. The predicted molar refractivity (Wildman–Crippen MR) is 233 cm³/mol. The molecular formula is C49H88O4. The molecule has 0 saturated carbocycles. The zero-order valence-electron chi connectivity index (χ0n) is 35.3. The van der Waals surface area contributed by atoms with Gasteiger partial charge in [-0.05, 0) is 77.0 Å². The Balaban J connectivity index is 3.43. The number of hydrogen-bond donors (Lipinski definition) is 1. The summed E-state index contributed by atoms with van der Waals surface area (Å²) in [5.41, 5.74) is 0. The maximum atomic E-state index is 12.2. The molecule has 0 spiro atoms. The fraction of sp³-hybridized carbons (Fsp3) is 0.776. The van der Waals surface area contributed by atoms with Gasteiger partial charge >= 0.3 is 5.97 Å². The Labute approximate surface area is 330 Å². The molecule has 0 aliphatic carbocycles. The van der Waals surface area contributed by atoms with Gasteiger partial charge in [0.2, 0.25) is 0 Å². The number of allylic oxidation sites excluding steroid dienone is 10. The summed E-state index contributed by atoms with van der Waals surface area (Å²) >= 11 is 0. The lowest BCUT2D eigenvalue weighted by atomic mass is 10.0. The lowest BCUT2D eigenvalue weighted by Crippen LogP contribution is -2.27. The number of esters is 1. The standard InChI is InChI=1S/C49H88O4/c1-3-5-7-9-11-13-15-17-19-21-22-23-24-25-26-27-28-29-30-32-34-36-38-40-42-44-49(51)53-48(46-50)47-52-45-43-41-39-37-35-33-31-20-18-16-14-12-10-8-6-4-2/h5,7,11,13,17-20,22-23,48,50H,3-4,6,8-10,12,14-16,21,24-47H2,1-2H3/b7-5-,13-11-,19-17-,20-18-,23-22-. The van der Waals surface area contributed by atoms with Crippen LogP contribution in [0.15, 0.2) is 60.8 Å². The number of ether oxygens (including phenoxy) is 2. The van der Waals surface area contributed by atoms with Crippen LogP contribution in [0, 0.1) is 0 Å². The maximum Gasteiger partial charge on any atom is 0.306 e. The van der Waals surface area contributed by atoms with Crippen LogP contribution in [-0.4, -0.2) is 37.0 Å². The van der Waals surface area contributed by atoms with Gasteiger partial charge in [-0.3, -0.25) is 4.79 Å². The summed E-state index contributed by atoms with van der Waals surface area (Å²) in [6, 6.07) is 0. The molecule has 0 heterocycles. The third-order valence-corrected chi connectivity index (χ3v) is 9.83. The van der Waals surface area contributed by atoms with E-state index in [2.05, 4.69) is 74.6 Å². The summed E-state index contributed by atoms with van der Waals surface area (Å²) in [7, 11) is 0.